The summed E-state index contributed by atoms with van der Waals surface area (Å²) < 4.78 is 11.8. The summed E-state index contributed by atoms with van der Waals surface area (Å²) in [6.07, 6.45) is 12.8. The number of piperidine rings is 1. The number of hydrogen-bond acceptors (Lipinski definition) is 5. The maximum atomic E-state index is 13.2. The SMILES string of the molecule is COc1ccccc1CCCC(=O)N1CCC2(CCCCc3ccccc3OCCN(Cc3ccncc3)C2)CC1. The third-order valence-corrected chi connectivity index (χ3v) is 8.96. The van der Waals surface area contributed by atoms with Crippen LogP contribution in [-0.2, 0) is 24.2 Å². The number of likely N-dealkylation sites (tertiary alicyclic amines) is 1. The van der Waals surface area contributed by atoms with Crippen molar-refractivity contribution in [3.05, 3.63) is 89.7 Å². The number of carbonyl (C=O) groups excluding carboxylic acids is 1. The van der Waals surface area contributed by atoms with Crippen molar-refractivity contribution >= 4 is 5.91 Å². The minimum absolute atomic E-state index is 0.222. The molecule has 6 nitrogen and oxygen atoms in total. The van der Waals surface area contributed by atoms with Gasteiger partial charge in [-0.05, 0) is 91.3 Å². The molecule has 1 spiro atoms. The third kappa shape index (κ3) is 8.10. The van der Waals surface area contributed by atoms with Crippen molar-refractivity contribution in [2.45, 2.75) is 64.3 Å². The van der Waals surface area contributed by atoms with Crippen LogP contribution < -0.4 is 9.47 Å². The molecule has 0 radical (unpaired) electrons. The molecule has 1 aromatic heterocycles. The van der Waals surface area contributed by atoms with Gasteiger partial charge in [-0.3, -0.25) is 14.7 Å². The molecule has 41 heavy (non-hydrogen) atoms. The maximum Gasteiger partial charge on any atom is 0.222 e. The normalized spacial score (nSPS) is 18.0. The first-order chi connectivity index (χ1) is 20.1. The van der Waals surface area contributed by atoms with Gasteiger partial charge in [0.25, 0.3) is 0 Å². The molecule has 0 N–H and O–H groups in total. The first-order valence-corrected chi connectivity index (χ1v) is 15.4. The van der Waals surface area contributed by atoms with Crippen molar-refractivity contribution in [1.82, 2.24) is 14.8 Å². The average Bonchev–Trinajstić information content (AvgIpc) is 3.00. The van der Waals surface area contributed by atoms with Gasteiger partial charge in [0.2, 0.25) is 5.91 Å². The van der Waals surface area contributed by atoms with Crippen LogP contribution in [0.2, 0.25) is 0 Å². The second kappa shape index (κ2) is 14.5. The number of hydrogen-bond donors (Lipinski definition) is 0. The van der Waals surface area contributed by atoms with Crippen molar-refractivity contribution in [2.75, 3.05) is 39.9 Å². The molecule has 3 heterocycles. The zero-order chi connectivity index (χ0) is 28.3. The van der Waals surface area contributed by atoms with Gasteiger partial charge in [-0.1, -0.05) is 42.8 Å². The summed E-state index contributed by atoms with van der Waals surface area (Å²) >= 11 is 0. The van der Waals surface area contributed by atoms with E-state index in [9.17, 15) is 4.79 Å². The predicted molar refractivity (Wildman–Crippen MR) is 163 cm³/mol. The Balaban J connectivity index is 1.22. The lowest BCUT2D eigenvalue weighted by molar-refractivity contribution is -0.134. The van der Waals surface area contributed by atoms with Crippen molar-refractivity contribution < 1.29 is 14.3 Å². The Bertz CT molecular complexity index is 1240. The van der Waals surface area contributed by atoms with Crippen LogP contribution in [0.5, 0.6) is 11.5 Å². The number of pyridine rings is 1. The van der Waals surface area contributed by atoms with Crippen molar-refractivity contribution in [3.8, 4) is 11.5 Å². The molecule has 1 saturated heterocycles. The second-order valence-corrected chi connectivity index (χ2v) is 11.8. The number of amides is 1. The Kier molecular flexibility index (Phi) is 10.3. The summed E-state index contributed by atoms with van der Waals surface area (Å²) in [4.78, 5) is 22.1. The van der Waals surface area contributed by atoms with E-state index in [1.54, 1.807) is 7.11 Å². The zero-order valence-corrected chi connectivity index (χ0v) is 24.6. The summed E-state index contributed by atoms with van der Waals surface area (Å²) in [6, 6.07) is 20.9. The molecule has 0 saturated carbocycles. The van der Waals surface area contributed by atoms with Crippen LogP contribution in [0.15, 0.2) is 73.1 Å². The Morgan fingerprint density at radius 3 is 2.56 bits per heavy atom. The number of methoxy groups -OCH3 is 1. The molecule has 3 aromatic rings. The highest BCUT2D eigenvalue weighted by Gasteiger charge is 2.37. The molecule has 5 rings (SSSR count). The van der Waals surface area contributed by atoms with Crippen molar-refractivity contribution in [2.24, 2.45) is 5.41 Å². The van der Waals surface area contributed by atoms with Crippen LogP contribution in [0.25, 0.3) is 0 Å². The zero-order valence-electron chi connectivity index (χ0n) is 24.6. The van der Waals surface area contributed by atoms with Crippen LogP contribution in [0, 0.1) is 5.41 Å². The van der Waals surface area contributed by atoms with Crippen LogP contribution in [0.3, 0.4) is 0 Å². The predicted octanol–water partition coefficient (Wildman–Crippen LogP) is 6.33. The fraction of sp³-hybridized carbons (Fsp3) is 0.486. The van der Waals surface area contributed by atoms with Crippen LogP contribution in [-0.4, -0.2) is 60.6 Å². The van der Waals surface area contributed by atoms with Gasteiger partial charge in [0.05, 0.1) is 7.11 Å². The number of ether oxygens (including phenoxy) is 2. The fourth-order valence-corrected chi connectivity index (χ4v) is 6.60. The molecule has 0 unspecified atom stereocenters. The van der Waals surface area contributed by atoms with E-state index in [1.807, 2.05) is 30.6 Å². The Hall–Kier alpha value is -3.38. The number of nitrogens with zero attached hydrogens (tertiary/aromatic N) is 3. The first kappa shape index (κ1) is 29.1. The van der Waals surface area contributed by atoms with Gasteiger partial charge < -0.3 is 14.4 Å². The lowest BCUT2D eigenvalue weighted by atomic mass is 9.73. The van der Waals surface area contributed by atoms with Crippen molar-refractivity contribution in [3.63, 3.8) is 0 Å². The number of aryl methyl sites for hydroxylation is 2. The van der Waals surface area contributed by atoms with E-state index < -0.39 is 0 Å². The lowest BCUT2D eigenvalue weighted by Crippen LogP contribution is -2.48. The Morgan fingerprint density at radius 1 is 0.951 bits per heavy atom. The van der Waals surface area contributed by atoms with Crippen LogP contribution in [0.4, 0.5) is 0 Å². The van der Waals surface area contributed by atoms with Crippen LogP contribution >= 0.6 is 0 Å². The average molecular weight is 556 g/mol. The van der Waals surface area contributed by atoms with Gasteiger partial charge in [0, 0.05) is 51.5 Å². The van der Waals surface area contributed by atoms with E-state index in [4.69, 9.17) is 9.47 Å². The summed E-state index contributed by atoms with van der Waals surface area (Å²) in [5.41, 5.74) is 4.00. The molecule has 1 fully saturated rings. The molecule has 218 valence electrons. The molecule has 0 bridgehead atoms. The summed E-state index contributed by atoms with van der Waals surface area (Å²) in [7, 11) is 1.71. The van der Waals surface area contributed by atoms with Gasteiger partial charge in [0.15, 0.2) is 0 Å². The largest absolute Gasteiger partial charge is 0.496 e. The van der Waals surface area contributed by atoms with E-state index in [2.05, 4.69) is 57.2 Å². The fourth-order valence-electron chi connectivity index (χ4n) is 6.60. The molecule has 2 aromatic carbocycles. The lowest BCUT2D eigenvalue weighted by Gasteiger charge is -2.45. The van der Waals surface area contributed by atoms with E-state index in [0.717, 1.165) is 82.7 Å². The molecular weight excluding hydrogens is 510 g/mol. The minimum atomic E-state index is 0.222. The molecule has 2 aliphatic rings. The summed E-state index contributed by atoms with van der Waals surface area (Å²) in [5.74, 6) is 2.23. The third-order valence-electron chi connectivity index (χ3n) is 8.96. The highest BCUT2D eigenvalue weighted by atomic mass is 16.5. The van der Waals surface area contributed by atoms with E-state index in [0.29, 0.717) is 18.9 Å². The van der Waals surface area contributed by atoms with Gasteiger partial charge in [-0.25, -0.2) is 0 Å². The first-order valence-electron chi connectivity index (χ1n) is 15.4. The highest BCUT2D eigenvalue weighted by Crippen LogP contribution is 2.39. The number of aromatic nitrogens is 1. The molecule has 1 amide bonds. The van der Waals surface area contributed by atoms with Crippen molar-refractivity contribution in [1.29, 1.82) is 0 Å². The maximum absolute atomic E-state index is 13.2. The molecule has 0 atom stereocenters. The summed E-state index contributed by atoms with van der Waals surface area (Å²) in [5, 5.41) is 0. The Labute approximate surface area is 245 Å². The Morgan fingerprint density at radius 2 is 1.73 bits per heavy atom. The van der Waals surface area contributed by atoms with E-state index in [1.165, 1.54) is 29.5 Å². The summed E-state index contributed by atoms with van der Waals surface area (Å²) in [6.45, 7) is 5.20. The standard InChI is InChI=1S/C35H45N3O3/c1-40-32-13-4-2-9-30(32)12-8-15-34(39)38-23-19-35(20-24-38)18-7-6-11-31-10-3-5-14-33(31)41-26-25-37(28-35)27-29-16-21-36-22-17-29/h2-5,9-10,13-14,16-17,21-22H,6-8,11-12,15,18-20,23-28H2,1H3. The van der Waals surface area contributed by atoms with Gasteiger partial charge in [-0.15, -0.1) is 0 Å². The second-order valence-electron chi connectivity index (χ2n) is 11.8. The number of benzene rings is 2. The van der Waals surface area contributed by atoms with Gasteiger partial charge in [-0.2, -0.15) is 0 Å². The van der Waals surface area contributed by atoms with Gasteiger partial charge >= 0.3 is 0 Å². The molecular formula is C35H45N3O3. The quantitative estimate of drug-likeness (QED) is 0.341. The smallest absolute Gasteiger partial charge is 0.222 e. The molecule has 6 heteroatoms. The number of fused-ring (bicyclic) bond motifs is 1. The van der Waals surface area contributed by atoms with Crippen LogP contribution in [0.1, 0.15) is 61.6 Å². The van der Waals surface area contributed by atoms with E-state index >= 15 is 0 Å². The number of para-hydroxylation sites is 2. The monoisotopic (exact) mass is 555 g/mol. The van der Waals surface area contributed by atoms with E-state index in [-0.39, 0.29) is 5.41 Å². The van der Waals surface area contributed by atoms with Gasteiger partial charge in [0.1, 0.15) is 18.1 Å². The molecule has 2 aliphatic heterocycles. The minimum Gasteiger partial charge on any atom is -0.496 e. The highest BCUT2D eigenvalue weighted by molar-refractivity contribution is 5.76. The number of carbonyl (C=O) groups is 1. The number of rotatable bonds is 7. The molecule has 0 aliphatic carbocycles. The topological polar surface area (TPSA) is 54.9 Å².